The number of hydrogen-bond acceptors (Lipinski definition) is 6. The zero-order valence-electron chi connectivity index (χ0n) is 20.9. The fourth-order valence-electron chi connectivity index (χ4n) is 4.62. The number of benzene rings is 2. The molecule has 3 heterocycles. The molecule has 2 N–H and O–H groups in total. The number of alkyl carbamates (subject to hydrolysis) is 1. The number of halogens is 1. The predicted molar refractivity (Wildman–Crippen MR) is 147 cm³/mol. The molecule has 1 aliphatic rings. The second-order valence-electron chi connectivity index (χ2n) is 10.1. The monoisotopic (exact) mass is 558 g/mol. The van der Waals surface area contributed by atoms with Gasteiger partial charge in [-0.15, -0.1) is 0 Å². The Morgan fingerprint density at radius 2 is 2.00 bits per heavy atom. The topological polar surface area (TPSA) is 107 Å². The van der Waals surface area contributed by atoms with E-state index in [2.05, 4.69) is 42.2 Å². The Hall–Kier alpha value is -3.90. The molecule has 0 radical (unpaired) electrons. The summed E-state index contributed by atoms with van der Waals surface area (Å²) in [6.45, 7) is 6.88. The standard InChI is InChI=1S/C28H27BrN6O2/c1-28(2,3)37-27(36)32-19-10-11-35(16-19)25-20(18-7-4-6-17(12-18)13-30)14-31-15-21(25)26-33-23-9-5-8-22(29)24(23)34-26/h4-9,12,14-15,19H,10-11,16H2,1-3H3,(H,32,36)(H,33,34)/t19-/m0/s1. The zero-order valence-corrected chi connectivity index (χ0v) is 22.5. The van der Waals surface area contributed by atoms with E-state index in [0.29, 0.717) is 17.9 Å². The molecule has 1 atom stereocenters. The van der Waals surface area contributed by atoms with E-state index < -0.39 is 11.7 Å². The van der Waals surface area contributed by atoms with Gasteiger partial charge >= 0.3 is 6.09 Å². The lowest BCUT2D eigenvalue weighted by molar-refractivity contribution is 0.0509. The lowest BCUT2D eigenvalue weighted by Gasteiger charge is -2.25. The van der Waals surface area contributed by atoms with Crippen molar-refractivity contribution in [2.75, 3.05) is 18.0 Å². The number of rotatable bonds is 4. The number of carbonyl (C=O) groups is 1. The number of amides is 1. The van der Waals surface area contributed by atoms with Crippen LogP contribution < -0.4 is 10.2 Å². The average molecular weight is 559 g/mol. The van der Waals surface area contributed by atoms with E-state index in [1.807, 2.05) is 69.6 Å². The van der Waals surface area contributed by atoms with E-state index in [9.17, 15) is 10.1 Å². The number of H-pyrrole nitrogens is 1. The first kappa shape index (κ1) is 24.8. The van der Waals surface area contributed by atoms with Gasteiger partial charge in [0.15, 0.2) is 0 Å². The maximum absolute atomic E-state index is 12.4. The van der Waals surface area contributed by atoms with Gasteiger partial charge in [-0.05, 0) is 73.0 Å². The first-order valence-electron chi connectivity index (χ1n) is 12.1. The summed E-state index contributed by atoms with van der Waals surface area (Å²) in [6, 6.07) is 15.6. The summed E-state index contributed by atoms with van der Waals surface area (Å²) in [5, 5.41) is 12.5. The maximum Gasteiger partial charge on any atom is 0.407 e. The number of anilines is 1. The van der Waals surface area contributed by atoms with Gasteiger partial charge in [-0.1, -0.05) is 18.2 Å². The number of para-hydroxylation sites is 1. The molecule has 37 heavy (non-hydrogen) atoms. The van der Waals surface area contributed by atoms with Crippen LogP contribution in [-0.2, 0) is 4.74 Å². The summed E-state index contributed by atoms with van der Waals surface area (Å²) >= 11 is 3.59. The maximum atomic E-state index is 12.4. The van der Waals surface area contributed by atoms with Crippen LogP contribution in [0.2, 0.25) is 0 Å². The molecule has 1 amide bonds. The lowest BCUT2D eigenvalue weighted by Crippen LogP contribution is -2.40. The minimum absolute atomic E-state index is 0.0704. The third-order valence-corrected chi connectivity index (χ3v) is 6.80. The minimum atomic E-state index is -0.560. The molecule has 0 spiro atoms. The van der Waals surface area contributed by atoms with Crippen molar-refractivity contribution in [3.05, 3.63) is 64.9 Å². The highest BCUT2D eigenvalue weighted by molar-refractivity contribution is 9.10. The van der Waals surface area contributed by atoms with Gasteiger partial charge in [0.25, 0.3) is 0 Å². The van der Waals surface area contributed by atoms with Crippen molar-refractivity contribution in [3.8, 4) is 28.6 Å². The summed E-state index contributed by atoms with van der Waals surface area (Å²) < 4.78 is 6.37. The number of nitrogens with one attached hydrogen (secondary N) is 2. The Kier molecular flexibility index (Phi) is 6.61. The van der Waals surface area contributed by atoms with Crippen LogP contribution in [0.5, 0.6) is 0 Å². The molecule has 1 saturated heterocycles. The van der Waals surface area contributed by atoms with Gasteiger partial charge in [0, 0.05) is 35.5 Å². The number of nitriles is 1. The first-order chi connectivity index (χ1) is 17.7. The van der Waals surface area contributed by atoms with E-state index in [0.717, 1.165) is 50.8 Å². The molecule has 0 unspecified atom stereocenters. The van der Waals surface area contributed by atoms with E-state index in [-0.39, 0.29) is 6.04 Å². The highest BCUT2D eigenvalue weighted by atomic mass is 79.9. The average Bonchev–Trinajstić information content (AvgIpc) is 3.50. The van der Waals surface area contributed by atoms with Crippen molar-refractivity contribution < 1.29 is 9.53 Å². The van der Waals surface area contributed by atoms with Crippen molar-refractivity contribution >= 4 is 38.7 Å². The predicted octanol–water partition coefficient (Wildman–Crippen LogP) is 6.03. The molecule has 1 aliphatic heterocycles. The van der Waals surface area contributed by atoms with Crippen LogP contribution in [0.1, 0.15) is 32.8 Å². The molecule has 5 rings (SSSR count). The number of carbonyl (C=O) groups excluding carboxylic acids is 1. The fraction of sp³-hybridized carbons (Fsp3) is 0.286. The van der Waals surface area contributed by atoms with Gasteiger partial charge < -0.3 is 19.9 Å². The molecule has 0 aliphatic carbocycles. The minimum Gasteiger partial charge on any atom is -0.444 e. The molecule has 1 fully saturated rings. The van der Waals surface area contributed by atoms with Crippen LogP contribution in [0.25, 0.3) is 33.5 Å². The molecule has 4 aromatic rings. The van der Waals surface area contributed by atoms with E-state index in [1.54, 1.807) is 6.07 Å². The molecule has 8 nitrogen and oxygen atoms in total. The van der Waals surface area contributed by atoms with Gasteiger partial charge in [-0.2, -0.15) is 5.26 Å². The Labute approximate surface area is 223 Å². The van der Waals surface area contributed by atoms with Crippen LogP contribution in [0, 0.1) is 11.3 Å². The molecule has 9 heteroatoms. The van der Waals surface area contributed by atoms with Gasteiger partial charge in [0.2, 0.25) is 0 Å². The van der Waals surface area contributed by atoms with Crippen molar-refractivity contribution in [1.82, 2.24) is 20.3 Å². The Bertz CT molecular complexity index is 1520. The van der Waals surface area contributed by atoms with E-state index in [4.69, 9.17) is 9.72 Å². The van der Waals surface area contributed by atoms with Crippen LogP contribution in [0.3, 0.4) is 0 Å². The van der Waals surface area contributed by atoms with Crippen LogP contribution >= 0.6 is 15.9 Å². The summed E-state index contributed by atoms with van der Waals surface area (Å²) in [4.78, 5) is 27.5. The SMILES string of the molecule is CC(C)(C)OC(=O)N[C@H]1CCN(c2c(-c3cccc(C#N)c3)cncc2-c2nc3c(Br)cccc3[nH]2)C1. The quantitative estimate of drug-likeness (QED) is 0.316. The van der Waals surface area contributed by atoms with Gasteiger partial charge in [0.05, 0.1) is 34.4 Å². The third kappa shape index (κ3) is 5.30. The number of aromatic nitrogens is 3. The highest BCUT2D eigenvalue weighted by Gasteiger charge is 2.30. The second-order valence-corrected chi connectivity index (χ2v) is 10.9. The lowest BCUT2D eigenvalue weighted by atomic mass is 10.00. The largest absolute Gasteiger partial charge is 0.444 e. The molecule has 188 valence electrons. The van der Waals surface area contributed by atoms with Gasteiger partial charge in [0.1, 0.15) is 16.9 Å². The van der Waals surface area contributed by atoms with Crippen LogP contribution in [0.4, 0.5) is 10.5 Å². The normalized spacial score (nSPS) is 15.5. The Morgan fingerprint density at radius 3 is 2.76 bits per heavy atom. The Balaban J connectivity index is 1.57. The summed E-state index contributed by atoms with van der Waals surface area (Å²) in [7, 11) is 0. The molecule has 0 bridgehead atoms. The molecule has 2 aromatic heterocycles. The number of aromatic amines is 1. The van der Waals surface area contributed by atoms with Crippen LogP contribution in [0.15, 0.2) is 59.3 Å². The zero-order chi connectivity index (χ0) is 26.2. The number of nitrogens with zero attached hydrogens (tertiary/aromatic N) is 4. The van der Waals surface area contributed by atoms with E-state index in [1.165, 1.54) is 0 Å². The van der Waals surface area contributed by atoms with Crippen molar-refractivity contribution in [2.45, 2.75) is 38.8 Å². The number of imidazole rings is 1. The van der Waals surface area contributed by atoms with Gasteiger partial charge in [-0.3, -0.25) is 4.98 Å². The van der Waals surface area contributed by atoms with Crippen molar-refractivity contribution in [1.29, 1.82) is 5.26 Å². The molecule has 2 aromatic carbocycles. The van der Waals surface area contributed by atoms with E-state index >= 15 is 0 Å². The highest BCUT2D eigenvalue weighted by Crippen LogP contribution is 2.40. The third-order valence-electron chi connectivity index (χ3n) is 6.16. The van der Waals surface area contributed by atoms with Crippen molar-refractivity contribution in [2.24, 2.45) is 0 Å². The smallest absolute Gasteiger partial charge is 0.407 e. The number of hydrogen-bond donors (Lipinski definition) is 2. The molecular weight excluding hydrogens is 532 g/mol. The Morgan fingerprint density at radius 1 is 1.22 bits per heavy atom. The number of pyridine rings is 1. The summed E-state index contributed by atoms with van der Waals surface area (Å²) in [5.74, 6) is 0.700. The van der Waals surface area contributed by atoms with Gasteiger partial charge in [-0.25, -0.2) is 9.78 Å². The summed E-state index contributed by atoms with van der Waals surface area (Å²) in [5.41, 5.74) is 5.36. The van der Waals surface area contributed by atoms with Crippen molar-refractivity contribution in [3.63, 3.8) is 0 Å². The summed E-state index contributed by atoms with van der Waals surface area (Å²) in [6.07, 6.45) is 3.98. The molecular formula is C28H27BrN6O2. The van der Waals surface area contributed by atoms with Crippen LogP contribution in [-0.4, -0.2) is 45.8 Å². The fourth-order valence-corrected chi connectivity index (χ4v) is 5.07. The number of ether oxygens (including phenoxy) is 1. The molecule has 0 saturated carbocycles. The number of fused-ring (bicyclic) bond motifs is 1. The first-order valence-corrected chi connectivity index (χ1v) is 12.9. The second kappa shape index (κ2) is 9.87.